The lowest BCUT2D eigenvalue weighted by Gasteiger charge is -2.22. The summed E-state index contributed by atoms with van der Waals surface area (Å²) in [5.41, 5.74) is 0.877. The second-order valence-corrected chi connectivity index (χ2v) is 6.47. The number of hydrogen-bond acceptors (Lipinski definition) is 4. The number of pyridine rings is 1. The third-order valence-electron chi connectivity index (χ3n) is 3.62. The molecule has 0 atom stereocenters. The number of halogens is 2. The minimum atomic E-state index is -0.531. The van der Waals surface area contributed by atoms with Crippen molar-refractivity contribution in [2.45, 2.75) is 13.1 Å². The van der Waals surface area contributed by atoms with Crippen LogP contribution in [0.15, 0.2) is 70.0 Å². The van der Waals surface area contributed by atoms with E-state index in [2.05, 4.69) is 20.9 Å². The molecule has 0 aliphatic heterocycles. The first-order valence-electron chi connectivity index (χ1n) is 7.89. The summed E-state index contributed by atoms with van der Waals surface area (Å²) in [5.74, 6) is -0.137. The van der Waals surface area contributed by atoms with Crippen molar-refractivity contribution in [1.82, 2.24) is 9.88 Å². The average Bonchev–Trinajstić information content (AvgIpc) is 3.14. The predicted octanol–water partition coefficient (Wildman–Crippen LogP) is 4.18. The Balaban J connectivity index is 1.69. The van der Waals surface area contributed by atoms with E-state index in [-0.39, 0.29) is 24.8 Å². The van der Waals surface area contributed by atoms with Crippen LogP contribution in [0.25, 0.3) is 0 Å². The van der Waals surface area contributed by atoms with Crippen LogP contribution in [0.5, 0.6) is 5.75 Å². The molecule has 2 heterocycles. The second-order valence-electron chi connectivity index (χ2n) is 5.55. The molecular formula is C19H16BrFN2O3. The zero-order valence-electron chi connectivity index (χ0n) is 13.8. The molecule has 0 saturated carbocycles. The van der Waals surface area contributed by atoms with E-state index < -0.39 is 5.82 Å². The first-order chi connectivity index (χ1) is 12.6. The number of nitrogens with zero attached hydrogens (tertiary/aromatic N) is 2. The lowest BCUT2D eigenvalue weighted by molar-refractivity contribution is -0.135. The molecular weight excluding hydrogens is 403 g/mol. The summed E-state index contributed by atoms with van der Waals surface area (Å²) in [6.07, 6.45) is 4.91. The van der Waals surface area contributed by atoms with Crippen molar-refractivity contribution in [3.63, 3.8) is 0 Å². The summed E-state index contributed by atoms with van der Waals surface area (Å²) in [7, 11) is 0. The molecule has 0 spiro atoms. The van der Waals surface area contributed by atoms with Gasteiger partial charge in [-0.3, -0.25) is 9.78 Å². The quantitative estimate of drug-likeness (QED) is 0.577. The van der Waals surface area contributed by atoms with Crippen molar-refractivity contribution in [1.29, 1.82) is 0 Å². The molecule has 1 amide bonds. The molecule has 0 unspecified atom stereocenters. The van der Waals surface area contributed by atoms with Crippen LogP contribution in [0.1, 0.15) is 11.3 Å². The second kappa shape index (κ2) is 8.62. The number of carbonyl (C=O) groups is 1. The molecule has 0 N–H and O–H groups in total. The number of amides is 1. The van der Waals surface area contributed by atoms with E-state index >= 15 is 0 Å². The van der Waals surface area contributed by atoms with Gasteiger partial charge in [-0.25, -0.2) is 4.39 Å². The molecule has 0 radical (unpaired) electrons. The van der Waals surface area contributed by atoms with Crippen molar-refractivity contribution < 1.29 is 18.3 Å². The number of benzene rings is 1. The minimum Gasteiger partial charge on any atom is -0.481 e. The SMILES string of the molecule is O=C(COc1ccc(Br)cc1F)N(Cc1cccnc1)Cc1ccco1. The van der Waals surface area contributed by atoms with Gasteiger partial charge >= 0.3 is 0 Å². The van der Waals surface area contributed by atoms with Gasteiger partial charge in [-0.1, -0.05) is 22.0 Å². The van der Waals surface area contributed by atoms with E-state index in [1.54, 1.807) is 47.8 Å². The van der Waals surface area contributed by atoms with Gasteiger partial charge in [0, 0.05) is 23.4 Å². The van der Waals surface area contributed by atoms with Crippen molar-refractivity contribution in [2.24, 2.45) is 0 Å². The van der Waals surface area contributed by atoms with Crippen LogP contribution in [0, 0.1) is 5.82 Å². The van der Waals surface area contributed by atoms with Gasteiger partial charge in [0.1, 0.15) is 5.76 Å². The topological polar surface area (TPSA) is 55.6 Å². The van der Waals surface area contributed by atoms with Gasteiger partial charge in [0.15, 0.2) is 18.2 Å². The molecule has 26 heavy (non-hydrogen) atoms. The largest absolute Gasteiger partial charge is 0.481 e. The normalized spacial score (nSPS) is 10.5. The van der Waals surface area contributed by atoms with Gasteiger partial charge in [0.2, 0.25) is 0 Å². The van der Waals surface area contributed by atoms with Crippen LogP contribution in [0.3, 0.4) is 0 Å². The molecule has 0 bridgehead atoms. The molecule has 134 valence electrons. The summed E-state index contributed by atoms with van der Waals surface area (Å²) in [6, 6.07) is 11.7. The highest BCUT2D eigenvalue weighted by Gasteiger charge is 2.17. The summed E-state index contributed by atoms with van der Waals surface area (Å²) in [4.78, 5) is 18.3. The number of hydrogen-bond donors (Lipinski definition) is 0. The molecule has 7 heteroatoms. The summed E-state index contributed by atoms with van der Waals surface area (Å²) >= 11 is 3.18. The standard InChI is InChI=1S/C19H16BrFN2O3/c20-15-5-6-18(17(21)9-15)26-13-19(24)23(12-16-4-2-8-25-16)11-14-3-1-7-22-10-14/h1-10H,11-13H2. The average molecular weight is 419 g/mol. The first-order valence-corrected chi connectivity index (χ1v) is 8.68. The number of aromatic nitrogens is 1. The van der Waals surface area contributed by atoms with Crippen molar-refractivity contribution in [3.8, 4) is 5.75 Å². The Morgan fingerprint density at radius 2 is 2.12 bits per heavy atom. The Hall–Kier alpha value is -2.67. The van der Waals surface area contributed by atoms with Gasteiger partial charge in [0.25, 0.3) is 5.91 Å². The minimum absolute atomic E-state index is 0.0286. The van der Waals surface area contributed by atoms with E-state index in [4.69, 9.17) is 9.15 Å². The Morgan fingerprint density at radius 3 is 2.81 bits per heavy atom. The smallest absolute Gasteiger partial charge is 0.261 e. The first kappa shape index (κ1) is 18.1. The maximum atomic E-state index is 13.9. The Kier molecular flexibility index (Phi) is 6.01. The fourth-order valence-electron chi connectivity index (χ4n) is 2.36. The number of ether oxygens (including phenoxy) is 1. The summed E-state index contributed by atoms with van der Waals surface area (Å²) in [5, 5.41) is 0. The van der Waals surface area contributed by atoms with Crippen LogP contribution in [0.2, 0.25) is 0 Å². The summed E-state index contributed by atoms with van der Waals surface area (Å²) < 4.78 is 25.1. The van der Waals surface area contributed by atoms with E-state index in [1.165, 1.54) is 12.1 Å². The van der Waals surface area contributed by atoms with E-state index in [0.717, 1.165) is 5.56 Å². The highest BCUT2D eigenvalue weighted by molar-refractivity contribution is 9.10. The number of carbonyl (C=O) groups excluding carboxylic acids is 1. The van der Waals surface area contributed by atoms with Gasteiger partial charge in [-0.2, -0.15) is 0 Å². The molecule has 0 aliphatic carbocycles. The van der Waals surface area contributed by atoms with Crippen molar-refractivity contribution >= 4 is 21.8 Å². The zero-order chi connectivity index (χ0) is 18.4. The molecule has 2 aromatic heterocycles. The zero-order valence-corrected chi connectivity index (χ0v) is 15.4. The van der Waals surface area contributed by atoms with Crippen molar-refractivity contribution in [2.75, 3.05) is 6.61 Å². The summed E-state index contributed by atoms with van der Waals surface area (Å²) in [6.45, 7) is 0.353. The monoisotopic (exact) mass is 418 g/mol. The number of furan rings is 1. The van der Waals surface area contributed by atoms with Crippen LogP contribution >= 0.6 is 15.9 Å². The van der Waals surface area contributed by atoms with Crippen LogP contribution in [0.4, 0.5) is 4.39 Å². The molecule has 5 nitrogen and oxygen atoms in total. The third-order valence-corrected chi connectivity index (χ3v) is 4.11. The van der Waals surface area contributed by atoms with Gasteiger partial charge in [-0.15, -0.1) is 0 Å². The Labute approximate surface area is 158 Å². The van der Waals surface area contributed by atoms with Gasteiger partial charge in [-0.05, 0) is 42.0 Å². The Bertz CT molecular complexity index is 856. The maximum absolute atomic E-state index is 13.9. The fraction of sp³-hybridized carbons (Fsp3) is 0.158. The predicted molar refractivity (Wildman–Crippen MR) is 96.8 cm³/mol. The van der Waals surface area contributed by atoms with Crippen LogP contribution < -0.4 is 4.74 Å². The Morgan fingerprint density at radius 1 is 1.23 bits per heavy atom. The van der Waals surface area contributed by atoms with E-state index in [9.17, 15) is 9.18 Å². The van der Waals surface area contributed by atoms with Crippen molar-refractivity contribution in [3.05, 3.63) is 82.7 Å². The lowest BCUT2D eigenvalue weighted by atomic mass is 10.2. The highest BCUT2D eigenvalue weighted by atomic mass is 79.9. The molecule has 3 rings (SSSR count). The lowest BCUT2D eigenvalue weighted by Crippen LogP contribution is -2.34. The van der Waals surface area contributed by atoms with Crippen LogP contribution in [-0.2, 0) is 17.9 Å². The van der Waals surface area contributed by atoms with Crippen LogP contribution in [-0.4, -0.2) is 22.4 Å². The van der Waals surface area contributed by atoms with Gasteiger partial charge in [0.05, 0.1) is 12.8 Å². The molecule has 0 fully saturated rings. The maximum Gasteiger partial charge on any atom is 0.261 e. The molecule has 0 saturated heterocycles. The highest BCUT2D eigenvalue weighted by Crippen LogP contribution is 2.21. The molecule has 1 aromatic carbocycles. The number of rotatable bonds is 7. The van der Waals surface area contributed by atoms with Gasteiger partial charge < -0.3 is 14.1 Å². The van der Waals surface area contributed by atoms with E-state index in [1.807, 2.05) is 6.07 Å². The third kappa shape index (κ3) is 4.92. The molecule has 3 aromatic rings. The fourth-order valence-corrected chi connectivity index (χ4v) is 2.69. The molecule has 0 aliphatic rings. The van der Waals surface area contributed by atoms with E-state index in [0.29, 0.717) is 16.8 Å².